The molecule has 23 heavy (non-hydrogen) atoms. The Morgan fingerprint density at radius 1 is 1.26 bits per heavy atom. The summed E-state index contributed by atoms with van der Waals surface area (Å²) in [6.45, 7) is 6.13. The topological polar surface area (TPSA) is 59.6 Å². The molecular formula is C18H25N3O2. The van der Waals surface area contributed by atoms with Gasteiger partial charge in [0.15, 0.2) is 5.43 Å². The molecule has 124 valence electrons. The van der Waals surface area contributed by atoms with Gasteiger partial charge in [0.05, 0.1) is 11.6 Å². The van der Waals surface area contributed by atoms with Crippen molar-refractivity contribution in [3.8, 4) is 0 Å². The summed E-state index contributed by atoms with van der Waals surface area (Å²) in [6.07, 6.45) is -0.346. The van der Waals surface area contributed by atoms with E-state index in [1.807, 2.05) is 34.0 Å². The van der Waals surface area contributed by atoms with Gasteiger partial charge in [-0.25, -0.2) is 0 Å². The average molecular weight is 315 g/mol. The third-order valence-corrected chi connectivity index (χ3v) is 4.73. The zero-order valence-corrected chi connectivity index (χ0v) is 14.3. The Hall–Kier alpha value is -1.69. The monoisotopic (exact) mass is 315 g/mol. The third-order valence-electron chi connectivity index (χ3n) is 4.73. The molecule has 0 radical (unpaired) electrons. The van der Waals surface area contributed by atoms with Crippen LogP contribution in [0.4, 0.5) is 0 Å². The number of H-pyrrole nitrogens is 1. The van der Waals surface area contributed by atoms with Crippen molar-refractivity contribution in [2.45, 2.75) is 32.5 Å². The Bertz CT molecular complexity index is 782. The number of fused-ring (bicyclic) bond motifs is 1. The number of likely N-dealkylation sites (N-methyl/N-ethyl adjacent to an activating group) is 1. The van der Waals surface area contributed by atoms with Crippen LogP contribution in [0.25, 0.3) is 10.9 Å². The average Bonchev–Trinajstić information content (AvgIpc) is 2.81. The molecule has 1 aromatic heterocycles. The predicted octanol–water partition coefficient (Wildman–Crippen LogP) is 1.25. The number of benzene rings is 1. The van der Waals surface area contributed by atoms with E-state index in [1.54, 1.807) is 6.07 Å². The molecule has 1 aromatic carbocycles. The highest BCUT2D eigenvalue weighted by Gasteiger charge is 2.32. The largest absolute Gasteiger partial charge is 0.390 e. The number of likely N-dealkylation sites (tertiary alicyclic amines) is 1. The van der Waals surface area contributed by atoms with Crippen LogP contribution in [0.15, 0.2) is 23.0 Å². The highest BCUT2D eigenvalue weighted by molar-refractivity contribution is 5.82. The summed E-state index contributed by atoms with van der Waals surface area (Å²) in [5.74, 6) is 0. The van der Waals surface area contributed by atoms with Crippen molar-refractivity contribution in [1.29, 1.82) is 0 Å². The van der Waals surface area contributed by atoms with E-state index in [1.165, 1.54) is 0 Å². The zero-order valence-electron chi connectivity index (χ0n) is 14.3. The van der Waals surface area contributed by atoms with Crippen molar-refractivity contribution in [1.82, 2.24) is 14.8 Å². The highest BCUT2D eigenvalue weighted by Crippen LogP contribution is 2.19. The first kappa shape index (κ1) is 16.2. The second-order valence-corrected chi connectivity index (χ2v) is 6.96. The Balaban J connectivity index is 1.89. The van der Waals surface area contributed by atoms with Crippen molar-refractivity contribution in [2.75, 3.05) is 27.2 Å². The van der Waals surface area contributed by atoms with E-state index in [2.05, 4.69) is 20.9 Å². The maximum absolute atomic E-state index is 12.4. The van der Waals surface area contributed by atoms with Gasteiger partial charge in [-0.3, -0.25) is 9.69 Å². The lowest BCUT2D eigenvalue weighted by Crippen LogP contribution is -2.37. The van der Waals surface area contributed by atoms with E-state index >= 15 is 0 Å². The van der Waals surface area contributed by atoms with Gasteiger partial charge in [-0.2, -0.15) is 0 Å². The SMILES string of the molecule is Cc1cc(C)c2[nH]c(CN3C[C@H](O)[C@@H](N(C)C)C3)cc(=O)c2c1. The number of hydrogen-bond donors (Lipinski definition) is 2. The number of nitrogens with one attached hydrogen (secondary N) is 1. The minimum Gasteiger partial charge on any atom is -0.390 e. The van der Waals surface area contributed by atoms with Crippen LogP contribution in [0, 0.1) is 13.8 Å². The first-order chi connectivity index (χ1) is 10.8. The number of nitrogens with zero attached hydrogens (tertiary/aromatic N) is 2. The van der Waals surface area contributed by atoms with Crippen LogP contribution >= 0.6 is 0 Å². The van der Waals surface area contributed by atoms with Crippen LogP contribution in [0.3, 0.4) is 0 Å². The minimum atomic E-state index is -0.346. The van der Waals surface area contributed by atoms with Gasteiger partial charge >= 0.3 is 0 Å². The lowest BCUT2D eigenvalue weighted by Gasteiger charge is -2.21. The van der Waals surface area contributed by atoms with E-state index < -0.39 is 0 Å². The molecule has 0 amide bonds. The summed E-state index contributed by atoms with van der Waals surface area (Å²) >= 11 is 0. The standard InChI is InChI=1S/C18H25N3O2/c1-11-5-12(2)18-14(6-11)16(22)7-13(19-18)8-21-9-15(20(3)4)17(23)10-21/h5-7,15,17,23H,8-10H2,1-4H3,(H,19,22)/t15-,17-/m0/s1. The number of β-amino-alcohol motifs (C(OH)–C–C–N with tert-alkyl or cyclic N) is 1. The van der Waals surface area contributed by atoms with Gasteiger partial charge in [0.2, 0.25) is 0 Å². The lowest BCUT2D eigenvalue weighted by molar-refractivity contribution is 0.112. The smallest absolute Gasteiger partial charge is 0.189 e. The van der Waals surface area contributed by atoms with Crippen LogP contribution in [-0.4, -0.2) is 59.2 Å². The molecule has 0 saturated carbocycles. The van der Waals surface area contributed by atoms with Crippen LogP contribution in [-0.2, 0) is 6.54 Å². The molecule has 2 N–H and O–H groups in total. The van der Waals surface area contributed by atoms with Gasteiger partial charge in [0.25, 0.3) is 0 Å². The molecule has 1 saturated heterocycles. The number of aryl methyl sites for hydroxylation is 2. The Kier molecular flexibility index (Phi) is 4.27. The normalized spacial score (nSPS) is 22.3. The molecule has 2 atom stereocenters. The van der Waals surface area contributed by atoms with Gasteiger partial charge in [-0.1, -0.05) is 6.07 Å². The summed E-state index contributed by atoms with van der Waals surface area (Å²) < 4.78 is 0. The van der Waals surface area contributed by atoms with Crippen molar-refractivity contribution >= 4 is 10.9 Å². The van der Waals surface area contributed by atoms with Crippen LogP contribution < -0.4 is 5.43 Å². The van der Waals surface area contributed by atoms with Crippen LogP contribution in [0.1, 0.15) is 16.8 Å². The number of aromatic amines is 1. The van der Waals surface area contributed by atoms with Gasteiger partial charge in [0.1, 0.15) is 0 Å². The van der Waals surface area contributed by atoms with E-state index in [-0.39, 0.29) is 17.6 Å². The lowest BCUT2D eigenvalue weighted by atomic mass is 10.1. The Morgan fingerprint density at radius 3 is 2.65 bits per heavy atom. The van der Waals surface area contributed by atoms with Gasteiger partial charge in [-0.15, -0.1) is 0 Å². The summed E-state index contributed by atoms with van der Waals surface area (Å²) in [5.41, 5.74) is 4.07. The Labute approximate surface area is 136 Å². The molecule has 2 heterocycles. The number of pyridine rings is 1. The van der Waals surface area contributed by atoms with Crippen LogP contribution in [0.5, 0.6) is 0 Å². The molecule has 0 spiro atoms. The maximum Gasteiger partial charge on any atom is 0.189 e. The summed E-state index contributed by atoms with van der Waals surface area (Å²) in [4.78, 5) is 20.1. The minimum absolute atomic E-state index is 0.0597. The molecule has 0 unspecified atom stereocenters. The molecule has 3 rings (SSSR count). The Morgan fingerprint density at radius 2 is 2.00 bits per heavy atom. The van der Waals surface area contributed by atoms with Gasteiger partial charge < -0.3 is 15.0 Å². The molecule has 2 aromatic rings. The molecule has 1 aliphatic rings. The fourth-order valence-corrected chi connectivity index (χ4v) is 3.57. The quantitative estimate of drug-likeness (QED) is 0.895. The van der Waals surface area contributed by atoms with Gasteiger partial charge in [0, 0.05) is 42.8 Å². The second kappa shape index (κ2) is 6.07. The number of aliphatic hydroxyl groups is 1. The van der Waals surface area contributed by atoms with Crippen molar-refractivity contribution in [2.24, 2.45) is 0 Å². The molecule has 0 bridgehead atoms. The molecule has 0 aliphatic carbocycles. The maximum atomic E-state index is 12.4. The van der Waals surface area contributed by atoms with Crippen LogP contribution in [0.2, 0.25) is 0 Å². The highest BCUT2D eigenvalue weighted by atomic mass is 16.3. The van der Waals surface area contributed by atoms with Crippen molar-refractivity contribution in [3.63, 3.8) is 0 Å². The van der Waals surface area contributed by atoms with E-state index in [0.29, 0.717) is 13.1 Å². The fourth-order valence-electron chi connectivity index (χ4n) is 3.57. The fraction of sp³-hybridized carbons (Fsp3) is 0.500. The molecule has 1 aliphatic heterocycles. The van der Waals surface area contributed by atoms with E-state index in [4.69, 9.17) is 0 Å². The van der Waals surface area contributed by atoms with Crippen molar-refractivity contribution < 1.29 is 5.11 Å². The third kappa shape index (κ3) is 3.17. The van der Waals surface area contributed by atoms with Crippen molar-refractivity contribution in [3.05, 3.63) is 45.2 Å². The van der Waals surface area contributed by atoms with Gasteiger partial charge in [-0.05, 0) is 45.1 Å². The first-order valence-electron chi connectivity index (χ1n) is 8.05. The number of aliphatic hydroxyl groups excluding tert-OH is 1. The van der Waals surface area contributed by atoms with E-state index in [9.17, 15) is 9.90 Å². The second-order valence-electron chi connectivity index (χ2n) is 6.96. The molecule has 1 fully saturated rings. The number of aromatic nitrogens is 1. The summed E-state index contributed by atoms with van der Waals surface area (Å²) in [6, 6.07) is 5.86. The summed E-state index contributed by atoms with van der Waals surface area (Å²) in [7, 11) is 3.97. The summed E-state index contributed by atoms with van der Waals surface area (Å²) in [5, 5.41) is 10.9. The molecular weight excluding hydrogens is 290 g/mol. The molecule has 5 heteroatoms. The predicted molar refractivity (Wildman–Crippen MR) is 92.8 cm³/mol. The first-order valence-corrected chi connectivity index (χ1v) is 8.05. The molecule has 5 nitrogen and oxygen atoms in total. The number of hydrogen-bond acceptors (Lipinski definition) is 4. The number of rotatable bonds is 3. The zero-order chi connectivity index (χ0) is 16.7. The van der Waals surface area contributed by atoms with E-state index in [0.717, 1.165) is 34.3 Å².